The number of alkyl halides is 3. The Labute approximate surface area is 179 Å². The summed E-state index contributed by atoms with van der Waals surface area (Å²) in [6.07, 6.45) is -3.68. The van der Waals surface area contributed by atoms with Gasteiger partial charge in [-0.05, 0) is 49.2 Å². The molecule has 1 aliphatic heterocycles. The van der Waals surface area contributed by atoms with E-state index in [2.05, 4.69) is 15.3 Å². The van der Waals surface area contributed by atoms with Gasteiger partial charge in [0.15, 0.2) is 5.13 Å². The number of aromatic amines is 1. The molecule has 3 heterocycles. The Kier molecular flexibility index (Phi) is 4.59. The molecule has 9 heteroatoms. The summed E-state index contributed by atoms with van der Waals surface area (Å²) in [7, 11) is 0. The van der Waals surface area contributed by atoms with Gasteiger partial charge in [-0.15, -0.1) is 0 Å². The van der Waals surface area contributed by atoms with Gasteiger partial charge < -0.3 is 15.2 Å². The second-order valence-corrected chi connectivity index (χ2v) is 8.78. The predicted molar refractivity (Wildman–Crippen MR) is 117 cm³/mol. The fourth-order valence-corrected chi connectivity index (χ4v) is 5.28. The van der Waals surface area contributed by atoms with Gasteiger partial charge in [-0.2, -0.15) is 13.2 Å². The van der Waals surface area contributed by atoms with Crippen LogP contribution in [0.15, 0.2) is 30.3 Å². The molecule has 0 unspecified atom stereocenters. The molecule has 0 amide bonds. The second-order valence-electron chi connectivity index (χ2n) is 7.34. The highest BCUT2D eigenvalue weighted by atomic mass is 35.5. The molecule has 2 aromatic carbocycles. The SMILES string of the molecule is CCNc1cc(C(F)(F)F)c2nc(N3CCc4c([nH]c5ccc(Cl)cc45)C3)sc2c1. The van der Waals surface area contributed by atoms with Gasteiger partial charge in [-0.1, -0.05) is 22.9 Å². The van der Waals surface area contributed by atoms with Gasteiger partial charge in [0.1, 0.15) is 0 Å². The summed E-state index contributed by atoms with van der Waals surface area (Å²) in [4.78, 5) is 9.87. The second kappa shape index (κ2) is 7.06. The Hall–Kier alpha value is -2.45. The molecule has 2 aromatic heterocycles. The summed E-state index contributed by atoms with van der Waals surface area (Å²) in [5, 5.41) is 5.38. The normalized spacial score (nSPS) is 14.5. The molecular weight excluding hydrogens is 433 g/mol. The number of H-pyrrole nitrogens is 1. The van der Waals surface area contributed by atoms with Crippen LogP contribution in [-0.2, 0) is 19.1 Å². The third-order valence-electron chi connectivity index (χ3n) is 5.38. The number of benzene rings is 2. The van der Waals surface area contributed by atoms with Crippen molar-refractivity contribution in [1.82, 2.24) is 9.97 Å². The molecule has 1 aliphatic rings. The van der Waals surface area contributed by atoms with Crippen LogP contribution >= 0.6 is 22.9 Å². The van der Waals surface area contributed by atoms with Crippen molar-refractivity contribution in [3.05, 3.63) is 52.2 Å². The van der Waals surface area contributed by atoms with E-state index in [1.54, 1.807) is 6.07 Å². The number of hydrogen-bond acceptors (Lipinski definition) is 4. The highest BCUT2D eigenvalue weighted by Crippen LogP contribution is 2.41. The summed E-state index contributed by atoms with van der Waals surface area (Å²) in [6, 6.07) is 8.64. The number of nitrogens with one attached hydrogen (secondary N) is 2. The van der Waals surface area contributed by atoms with Crippen LogP contribution in [0.4, 0.5) is 24.0 Å². The lowest BCUT2D eigenvalue weighted by atomic mass is 10.0. The third-order valence-corrected chi connectivity index (χ3v) is 6.68. The van der Waals surface area contributed by atoms with Gasteiger partial charge in [0, 0.05) is 40.4 Å². The Morgan fingerprint density at radius 3 is 2.87 bits per heavy atom. The molecule has 156 valence electrons. The lowest BCUT2D eigenvalue weighted by Gasteiger charge is -2.26. The van der Waals surface area contributed by atoms with Crippen LogP contribution in [0, 0.1) is 0 Å². The summed E-state index contributed by atoms with van der Waals surface area (Å²) < 4.78 is 41.5. The first kappa shape index (κ1) is 19.5. The number of rotatable bonds is 3. The lowest BCUT2D eigenvalue weighted by molar-refractivity contribution is -0.136. The Morgan fingerprint density at radius 2 is 2.10 bits per heavy atom. The largest absolute Gasteiger partial charge is 0.418 e. The molecule has 0 bridgehead atoms. The van der Waals surface area contributed by atoms with Crippen LogP contribution in [0.3, 0.4) is 0 Å². The molecule has 0 saturated heterocycles. The van der Waals surface area contributed by atoms with Crippen LogP contribution in [0.2, 0.25) is 5.02 Å². The number of halogens is 4. The van der Waals surface area contributed by atoms with Crippen molar-refractivity contribution in [2.24, 2.45) is 0 Å². The lowest BCUT2D eigenvalue weighted by Crippen LogP contribution is -2.30. The first-order chi connectivity index (χ1) is 14.3. The number of anilines is 2. The molecule has 0 spiro atoms. The fourth-order valence-electron chi connectivity index (χ4n) is 4.05. The summed E-state index contributed by atoms with van der Waals surface area (Å²) in [6.45, 7) is 3.67. The molecule has 0 saturated carbocycles. The number of thiazole rings is 1. The van der Waals surface area contributed by atoms with E-state index in [-0.39, 0.29) is 5.52 Å². The number of nitrogens with zero attached hydrogens (tertiary/aromatic N) is 2. The maximum atomic E-state index is 13.6. The van der Waals surface area contributed by atoms with Crippen molar-refractivity contribution in [3.63, 3.8) is 0 Å². The molecule has 4 nitrogen and oxygen atoms in total. The van der Waals surface area contributed by atoms with E-state index in [0.717, 1.165) is 29.1 Å². The van der Waals surface area contributed by atoms with Gasteiger partial charge in [0.25, 0.3) is 0 Å². The third kappa shape index (κ3) is 3.28. The molecule has 0 atom stereocenters. The van der Waals surface area contributed by atoms with Crippen LogP contribution in [-0.4, -0.2) is 23.1 Å². The number of aromatic nitrogens is 2. The number of fused-ring (bicyclic) bond motifs is 4. The van der Waals surface area contributed by atoms with E-state index in [1.165, 1.54) is 16.9 Å². The zero-order valence-electron chi connectivity index (χ0n) is 16.0. The average Bonchev–Trinajstić information content (AvgIpc) is 3.27. The minimum Gasteiger partial charge on any atom is -0.385 e. The highest BCUT2D eigenvalue weighted by molar-refractivity contribution is 7.22. The Balaban J connectivity index is 1.55. The van der Waals surface area contributed by atoms with Crippen molar-refractivity contribution in [2.75, 3.05) is 23.3 Å². The molecule has 0 fully saturated rings. The van der Waals surface area contributed by atoms with Crippen molar-refractivity contribution in [1.29, 1.82) is 0 Å². The van der Waals surface area contributed by atoms with E-state index in [1.807, 2.05) is 30.0 Å². The zero-order chi connectivity index (χ0) is 21.0. The standard InChI is InChI=1S/C21H18ClF3N4S/c1-2-26-12-8-15(21(23,24)25)19-18(9-12)30-20(28-19)29-6-5-13-14-7-11(22)3-4-16(14)27-17(13)10-29/h3-4,7-9,26-27H,2,5-6,10H2,1H3. The Morgan fingerprint density at radius 1 is 1.27 bits per heavy atom. The van der Waals surface area contributed by atoms with Gasteiger partial charge in [0.05, 0.1) is 22.3 Å². The topological polar surface area (TPSA) is 44.0 Å². The minimum absolute atomic E-state index is 0.0124. The fraction of sp³-hybridized carbons (Fsp3) is 0.286. The van der Waals surface area contributed by atoms with Gasteiger partial charge in [-0.25, -0.2) is 4.98 Å². The summed E-state index contributed by atoms with van der Waals surface area (Å²) >= 11 is 7.44. The maximum Gasteiger partial charge on any atom is 0.418 e. The van der Waals surface area contributed by atoms with E-state index < -0.39 is 11.7 Å². The van der Waals surface area contributed by atoms with Gasteiger partial charge in [0.2, 0.25) is 0 Å². The van der Waals surface area contributed by atoms with Crippen LogP contribution in [0.25, 0.3) is 21.1 Å². The summed E-state index contributed by atoms with van der Waals surface area (Å²) in [5.41, 5.74) is 3.07. The van der Waals surface area contributed by atoms with E-state index in [9.17, 15) is 13.2 Å². The molecular formula is C21H18ClF3N4S. The highest BCUT2D eigenvalue weighted by Gasteiger charge is 2.35. The first-order valence-electron chi connectivity index (χ1n) is 9.63. The van der Waals surface area contributed by atoms with Crippen LogP contribution in [0.1, 0.15) is 23.7 Å². The van der Waals surface area contributed by atoms with Crippen molar-refractivity contribution in [2.45, 2.75) is 26.1 Å². The molecule has 5 rings (SSSR count). The molecule has 2 N–H and O–H groups in total. The summed E-state index contributed by atoms with van der Waals surface area (Å²) in [5.74, 6) is 0. The molecule has 0 radical (unpaired) electrons. The smallest absolute Gasteiger partial charge is 0.385 e. The molecule has 30 heavy (non-hydrogen) atoms. The minimum atomic E-state index is -4.46. The maximum absolute atomic E-state index is 13.6. The van der Waals surface area contributed by atoms with Gasteiger partial charge >= 0.3 is 6.18 Å². The number of hydrogen-bond donors (Lipinski definition) is 2. The van der Waals surface area contributed by atoms with E-state index >= 15 is 0 Å². The van der Waals surface area contributed by atoms with Gasteiger partial charge in [-0.3, -0.25) is 0 Å². The van der Waals surface area contributed by atoms with E-state index in [0.29, 0.717) is 40.2 Å². The zero-order valence-corrected chi connectivity index (χ0v) is 17.6. The van der Waals surface area contributed by atoms with Crippen molar-refractivity contribution in [3.8, 4) is 0 Å². The molecule has 0 aliphatic carbocycles. The monoisotopic (exact) mass is 450 g/mol. The quantitative estimate of drug-likeness (QED) is 0.377. The van der Waals surface area contributed by atoms with E-state index in [4.69, 9.17) is 11.6 Å². The average molecular weight is 451 g/mol. The van der Waals surface area contributed by atoms with Crippen LogP contribution in [0.5, 0.6) is 0 Å². The molecule has 4 aromatic rings. The van der Waals surface area contributed by atoms with Crippen LogP contribution < -0.4 is 10.2 Å². The predicted octanol–water partition coefficient (Wildman–Crippen LogP) is 6.44. The first-order valence-corrected chi connectivity index (χ1v) is 10.8. The van der Waals surface area contributed by atoms with Crippen molar-refractivity contribution < 1.29 is 13.2 Å². The Bertz CT molecular complexity index is 1260. The van der Waals surface area contributed by atoms with Crippen molar-refractivity contribution >= 4 is 54.9 Å².